The fourth-order valence-corrected chi connectivity index (χ4v) is 3.01. The smallest absolute Gasteiger partial charge is 0.339 e. The predicted octanol–water partition coefficient (Wildman–Crippen LogP) is 4.42. The van der Waals surface area contributed by atoms with Crippen molar-refractivity contribution in [3.05, 3.63) is 77.7 Å². The van der Waals surface area contributed by atoms with E-state index in [2.05, 4.69) is 5.32 Å². The summed E-state index contributed by atoms with van der Waals surface area (Å²) in [5.74, 6) is -1.34. The molecule has 1 N–H and O–H groups in total. The van der Waals surface area contributed by atoms with Gasteiger partial charge in [-0.25, -0.2) is 9.18 Å². The molecule has 3 aromatic rings. The predicted molar refractivity (Wildman–Crippen MR) is 106 cm³/mol. The van der Waals surface area contributed by atoms with Gasteiger partial charge in [-0.2, -0.15) is 0 Å². The zero-order chi connectivity index (χ0) is 20.1. The van der Waals surface area contributed by atoms with Crippen LogP contribution in [0.4, 0.5) is 10.1 Å². The summed E-state index contributed by atoms with van der Waals surface area (Å²) in [6, 6.07) is 17.2. The highest BCUT2D eigenvalue weighted by molar-refractivity contribution is 5.94. The van der Waals surface area contributed by atoms with Gasteiger partial charge >= 0.3 is 5.97 Å². The lowest BCUT2D eigenvalue weighted by Gasteiger charge is -2.13. The average molecular weight is 380 g/mol. The molecule has 144 valence electrons. The van der Waals surface area contributed by atoms with E-state index in [0.717, 1.165) is 5.56 Å². The molecule has 0 aliphatic rings. The van der Waals surface area contributed by atoms with Crippen molar-refractivity contribution < 1.29 is 18.7 Å². The van der Waals surface area contributed by atoms with Crippen LogP contribution in [-0.2, 0) is 16.1 Å². The van der Waals surface area contributed by atoms with Gasteiger partial charge in [-0.1, -0.05) is 42.5 Å². The van der Waals surface area contributed by atoms with Gasteiger partial charge in [0.25, 0.3) is 0 Å². The zero-order valence-corrected chi connectivity index (χ0v) is 15.7. The van der Waals surface area contributed by atoms with Crippen LogP contribution in [0.3, 0.4) is 0 Å². The summed E-state index contributed by atoms with van der Waals surface area (Å²) >= 11 is 0. The van der Waals surface area contributed by atoms with Crippen LogP contribution in [0.25, 0.3) is 11.3 Å². The molecule has 0 atom stereocenters. The SMILES string of the molecule is CCOC(=O)c1cc(-c2ccccc2)n(CC(=O)Nc2ccccc2F)c1C. The van der Waals surface area contributed by atoms with Crippen LogP contribution in [0.15, 0.2) is 60.7 Å². The van der Waals surface area contributed by atoms with Crippen LogP contribution in [-0.4, -0.2) is 23.1 Å². The molecule has 3 rings (SSSR count). The third-order valence-corrected chi connectivity index (χ3v) is 4.38. The van der Waals surface area contributed by atoms with Gasteiger partial charge in [0.15, 0.2) is 0 Å². The normalized spacial score (nSPS) is 10.5. The Morgan fingerprint density at radius 2 is 1.75 bits per heavy atom. The number of para-hydroxylation sites is 1. The van der Waals surface area contributed by atoms with Gasteiger partial charge in [-0.15, -0.1) is 0 Å². The lowest BCUT2D eigenvalue weighted by atomic mass is 10.1. The molecule has 0 bridgehead atoms. The summed E-state index contributed by atoms with van der Waals surface area (Å²) in [6.45, 7) is 3.70. The summed E-state index contributed by atoms with van der Waals surface area (Å²) in [5, 5.41) is 2.58. The molecule has 5 nitrogen and oxygen atoms in total. The Balaban J connectivity index is 1.95. The standard InChI is InChI=1S/C22H21FN2O3/c1-3-28-22(27)17-13-20(16-9-5-4-6-10-16)25(15(17)2)14-21(26)24-19-12-8-7-11-18(19)23/h4-13H,3,14H2,1-2H3,(H,24,26). The van der Waals surface area contributed by atoms with Crippen molar-refractivity contribution in [1.82, 2.24) is 4.57 Å². The molecule has 0 saturated heterocycles. The molecule has 28 heavy (non-hydrogen) atoms. The molecular formula is C22H21FN2O3. The number of carbonyl (C=O) groups is 2. The maximum absolute atomic E-state index is 13.8. The van der Waals surface area contributed by atoms with Crippen molar-refractivity contribution in [3.8, 4) is 11.3 Å². The van der Waals surface area contributed by atoms with Crippen molar-refractivity contribution in [2.75, 3.05) is 11.9 Å². The number of halogens is 1. The van der Waals surface area contributed by atoms with E-state index in [4.69, 9.17) is 4.74 Å². The molecule has 0 unspecified atom stereocenters. The fourth-order valence-electron chi connectivity index (χ4n) is 3.01. The Hall–Kier alpha value is -3.41. The number of aromatic nitrogens is 1. The zero-order valence-electron chi connectivity index (χ0n) is 15.7. The number of benzene rings is 2. The quantitative estimate of drug-likeness (QED) is 0.644. The van der Waals surface area contributed by atoms with E-state index < -0.39 is 17.7 Å². The van der Waals surface area contributed by atoms with Crippen LogP contribution in [0.1, 0.15) is 23.0 Å². The summed E-state index contributed by atoms with van der Waals surface area (Å²) in [7, 11) is 0. The van der Waals surface area contributed by atoms with Gasteiger partial charge in [0.05, 0.1) is 17.9 Å². The molecule has 6 heteroatoms. The second-order valence-corrected chi connectivity index (χ2v) is 6.23. The average Bonchev–Trinajstić information content (AvgIpc) is 3.01. The Morgan fingerprint density at radius 1 is 1.07 bits per heavy atom. The summed E-state index contributed by atoms with van der Waals surface area (Å²) in [5.41, 5.74) is 2.70. The number of carbonyl (C=O) groups excluding carboxylic acids is 2. The van der Waals surface area contributed by atoms with Crippen LogP contribution >= 0.6 is 0 Å². The number of esters is 1. The minimum Gasteiger partial charge on any atom is -0.462 e. The van der Waals surface area contributed by atoms with E-state index >= 15 is 0 Å². The van der Waals surface area contributed by atoms with E-state index in [1.54, 1.807) is 36.6 Å². The van der Waals surface area contributed by atoms with E-state index in [0.29, 0.717) is 17.0 Å². The third kappa shape index (κ3) is 4.11. The number of hydrogen-bond acceptors (Lipinski definition) is 3. The first-order valence-electron chi connectivity index (χ1n) is 8.98. The van der Waals surface area contributed by atoms with Gasteiger partial charge in [0.1, 0.15) is 12.4 Å². The minimum absolute atomic E-state index is 0.0657. The number of amides is 1. The highest BCUT2D eigenvalue weighted by Gasteiger charge is 2.21. The first-order valence-corrected chi connectivity index (χ1v) is 8.98. The number of ether oxygens (including phenoxy) is 1. The summed E-state index contributed by atoms with van der Waals surface area (Å²) in [4.78, 5) is 24.9. The highest BCUT2D eigenvalue weighted by Crippen LogP contribution is 2.27. The van der Waals surface area contributed by atoms with Crippen LogP contribution in [0, 0.1) is 12.7 Å². The van der Waals surface area contributed by atoms with Crippen molar-refractivity contribution >= 4 is 17.6 Å². The largest absolute Gasteiger partial charge is 0.462 e. The van der Waals surface area contributed by atoms with Gasteiger partial charge in [0.2, 0.25) is 5.91 Å². The first kappa shape index (κ1) is 19.4. The van der Waals surface area contributed by atoms with Crippen LogP contribution in [0.5, 0.6) is 0 Å². The highest BCUT2D eigenvalue weighted by atomic mass is 19.1. The second kappa shape index (κ2) is 8.52. The molecule has 0 fully saturated rings. The van der Waals surface area contributed by atoms with Crippen molar-refractivity contribution in [3.63, 3.8) is 0 Å². The van der Waals surface area contributed by atoms with Crippen LogP contribution < -0.4 is 5.32 Å². The Kier molecular flexibility index (Phi) is 5.89. The molecule has 1 heterocycles. The maximum atomic E-state index is 13.8. The Labute approximate surface area is 162 Å². The number of hydrogen-bond donors (Lipinski definition) is 1. The number of nitrogens with zero attached hydrogens (tertiary/aromatic N) is 1. The minimum atomic E-state index is -0.504. The monoisotopic (exact) mass is 380 g/mol. The summed E-state index contributed by atoms with van der Waals surface area (Å²) in [6.07, 6.45) is 0. The molecule has 0 saturated carbocycles. The first-order chi connectivity index (χ1) is 13.5. The molecule has 1 aromatic heterocycles. The molecule has 1 amide bonds. The maximum Gasteiger partial charge on any atom is 0.339 e. The molecule has 0 spiro atoms. The lowest BCUT2D eigenvalue weighted by molar-refractivity contribution is -0.116. The van der Waals surface area contributed by atoms with Gasteiger partial charge < -0.3 is 14.6 Å². The molecule has 0 aliphatic carbocycles. The van der Waals surface area contributed by atoms with Gasteiger partial charge in [-0.05, 0) is 37.6 Å². The third-order valence-electron chi connectivity index (χ3n) is 4.38. The van der Waals surface area contributed by atoms with Crippen molar-refractivity contribution in [1.29, 1.82) is 0 Å². The van der Waals surface area contributed by atoms with E-state index in [9.17, 15) is 14.0 Å². The number of rotatable bonds is 6. The molecule has 0 radical (unpaired) electrons. The van der Waals surface area contributed by atoms with Crippen molar-refractivity contribution in [2.24, 2.45) is 0 Å². The Morgan fingerprint density at radius 3 is 2.43 bits per heavy atom. The van der Waals surface area contributed by atoms with Gasteiger partial charge in [-0.3, -0.25) is 4.79 Å². The van der Waals surface area contributed by atoms with E-state index in [1.807, 2.05) is 30.3 Å². The Bertz CT molecular complexity index is 996. The number of anilines is 1. The lowest BCUT2D eigenvalue weighted by Crippen LogP contribution is -2.21. The number of nitrogens with one attached hydrogen (secondary N) is 1. The van der Waals surface area contributed by atoms with E-state index in [1.165, 1.54) is 12.1 Å². The van der Waals surface area contributed by atoms with Crippen molar-refractivity contribution in [2.45, 2.75) is 20.4 Å². The molecule has 2 aromatic carbocycles. The molecule has 0 aliphatic heterocycles. The topological polar surface area (TPSA) is 60.3 Å². The fraction of sp³-hybridized carbons (Fsp3) is 0.182. The van der Waals surface area contributed by atoms with Crippen LogP contribution in [0.2, 0.25) is 0 Å². The van der Waals surface area contributed by atoms with E-state index in [-0.39, 0.29) is 18.8 Å². The molecular weight excluding hydrogens is 359 g/mol. The second-order valence-electron chi connectivity index (χ2n) is 6.23. The van der Waals surface area contributed by atoms with Gasteiger partial charge in [0, 0.05) is 11.4 Å². The summed E-state index contributed by atoms with van der Waals surface area (Å²) < 4.78 is 20.7.